The first-order chi connectivity index (χ1) is 6.99. The summed E-state index contributed by atoms with van der Waals surface area (Å²) in [6, 6.07) is 0.0934. The second-order valence-electron chi connectivity index (χ2n) is 4.13. The number of rotatable bonds is 5. The van der Waals surface area contributed by atoms with Crippen molar-refractivity contribution in [2.75, 3.05) is 6.54 Å². The minimum atomic E-state index is -4.03. The number of hydrogen-bond acceptors (Lipinski definition) is 2. The molecule has 0 aromatic rings. The van der Waals surface area contributed by atoms with E-state index in [1.54, 1.807) is 0 Å². The Morgan fingerprint density at radius 3 is 2.47 bits per heavy atom. The zero-order chi connectivity index (χ0) is 11.3. The Balaban J connectivity index is 1.97. The molecule has 0 amide bonds. The van der Waals surface area contributed by atoms with Gasteiger partial charge in [-0.1, -0.05) is 0 Å². The lowest BCUT2D eigenvalue weighted by Crippen LogP contribution is -2.36. The lowest BCUT2D eigenvalue weighted by molar-refractivity contribution is -0.135. The third-order valence-corrected chi connectivity index (χ3v) is 2.77. The van der Waals surface area contributed by atoms with Crippen molar-refractivity contribution >= 4 is 0 Å². The lowest BCUT2D eigenvalue weighted by Gasteiger charge is -2.16. The zero-order valence-electron chi connectivity index (χ0n) is 8.69. The van der Waals surface area contributed by atoms with Gasteiger partial charge < -0.3 is 10.4 Å². The fourth-order valence-electron chi connectivity index (χ4n) is 1.92. The number of halogens is 3. The summed E-state index contributed by atoms with van der Waals surface area (Å²) in [4.78, 5) is 0. The lowest BCUT2D eigenvalue weighted by atomic mass is 10.2. The van der Waals surface area contributed by atoms with Crippen molar-refractivity contribution in [3.63, 3.8) is 0 Å². The molecule has 0 aromatic carbocycles. The number of nitrogens with one attached hydrogen (secondary N) is 1. The van der Waals surface area contributed by atoms with Crippen LogP contribution in [-0.2, 0) is 0 Å². The van der Waals surface area contributed by atoms with E-state index >= 15 is 0 Å². The van der Waals surface area contributed by atoms with Crippen molar-refractivity contribution in [1.82, 2.24) is 5.32 Å². The quantitative estimate of drug-likeness (QED) is 0.703. The van der Waals surface area contributed by atoms with E-state index in [4.69, 9.17) is 0 Å². The second-order valence-corrected chi connectivity index (χ2v) is 4.13. The number of unbranched alkanes of at least 4 members (excludes halogenated alkanes) is 1. The van der Waals surface area contributed by atoms with E-state index in [1.165, 1.54) is 0 Å². The molecule has 0 aliphatic heterocycles. The van der Waals surface area contributed by atoms with E-state index in [-0.39, 0.29) is 18.6 Å². The standard InChI is InChI=1S/C10H18F3NO/c11-10(12,13)6-1-2-7-14-8-4-3-5-9(8)15/h8-9,14-15H,1-7H2/t8-,9-/m1/s1. The van der Waals surface area contributed by atoms with Crippen molar-refractivity contribution in [2.24, 2.45) is 0 Å². The molecule has 2 N–H and O–H groups in total. The van der Waals surface area contributed by atoms with Gasteiger partial charge in [0.25, 0.3) is 0 Å². The molecule has 0 spiro atoms. The van der Waals surface area contributed by atoms with Gasteiger partial charge in [0.15, 0.2) is 0 Å². The van der Waals surface area contributed by atoms with E-state index in [0.717, 1.165) is 19.3 Å². The predicted molar refractivity (Wildman–Crippen MR) is 51.6 cm³/mol. The molecule has 1 aliphatic rings. The largest absolute Gasteiger partial charge is 0.392 e. The molecule has 90 valence electrons. The van der Waals surface area contributed by atoms with Gasteiger partial charge in [0.1, 0.15) is 0 Å². The average molecular weight is 225 g/mol. The van der Waals surface area contributed by atoms with Crippen LogP contribution in [0.3, 0.4) is 0 Å². The fourth-order valence-corrected chi connectivity index (χ4v) is 1.92. The summed E-state index contributed by atoms with van der Waals surface area (Å²) in [6.45, 7) is 0.567. The highest BCUT2D eigenvalue weighted by molar-refractivity contribution is 4.82. The molecule has 0 aromatic heterocycles. The van der Waals surface area contributed by atoms with E-state index in [1.807, 2.05) is 0 Å². The Morgan fingerprint density at radius 1 is 1.20 bits per heavy atom. The number of aliphatic hydroxyl groups is 1. The van der Waals surface area contributed by atoms with Crippen molar-refractivity contribution in [3.05, 3.63) is 0 Å². The Kier molecular flexibility index (Phi) is 4.86. The van der Waals surface area contributed by atoms with Crippen LogP contribution in [-0.4, -0.2) is 30.0 Å². The van der Waals surface area contributed by atoms with Gasteiger partial charge in [-0.05, 0) is 38.6 Å². The maximum Gasteiger partial charge on any atom is 0.389 e. The van der Waals surface area contributed by atoms with Crippen LogP contribution in [0.25, 0.3) is 0 Å². The molecule has 15 heavy (non-hydrogen) atoms. The van der Waals surface area contributed by atoms with Crippen LogP contribution in [0.15, 0.2) is 0 Å². The summed E-state index contributed by atoms with van der Waals surface area (Å²) >= 11 is 0. The molecule has 0 heterocycles. The summed E-state index contributed by atoms with van der Waals surface area (Å²) < 4.78 is 35.4. The van der Waals surface area contributed by atoms with Crippen LogP contribution in [0.1, 0.15) is 38.5 Å². The first-order valence-electron chi connectivity index (χ1n) is 5.47. The van der Waals surface area contributed by atoms with Crippen LogP contribution in [0.4, 0.5) is 13.2 Å². The van der Waals surface area contributed by atoms with E-state index in [2.05, 4.69) is 5.32 Å². The molecule has 0 radical (unpaired) electrons. The molecule has 1 aliphatic carbocycles. The Hall–Kier alpha value is -0.290. The van der Waals surface area contributed by atoms with Gasteiger partial charge in [-0.15, -0.1) is 0 Å². The molecular formula is C10H18F3NO. The maximum absolute atomic E-state index is 11.8. The van der Waals surface area contributed by atoms with E-state index in [0.29, 0.717) is 13.0 Å². The summed E-state index contributed by atoms with van der Waals surface area (Å²) in [5.41, 5.74) is 0. The summed E-state index contributed by atoms with van der Waals surface area (Å²) in [5, 5.41) is 12.5. The smallest absolute Gasteiger partial charge is 0.389 e. The molecule has 1 fully saturated rings. The molecule has 1 saturated carbocycles. The molecule has 2 atom stereocenters. The summed E-state index contributed by atoms with van der Waals surface area (Å²) in [6.07, 6.45) is -1.63. The van der Waals surface area contributed by atoms with Crippen molar-refractivity contribution in [1.29, 1.82) is 0 Å². The van der Waals surface area contributed by atoms with Gasteiger partial charge in [0, 0.05) is 12.5 Å². The van der Waals surface area contributed by atoms with E-state index in [9.17, 15) is 18.3 Å². The van der Waals surface area contributed by atoms with Crippen LogP contribution in [0.5, 0.6) is 0 Å². The SMILES string of the molecule is O[C@@H]1CCC[C@H]1NCCCCC(F)(F)F. The molecule has 0 bridgehead atoms. The predicted octanol–water partition coefficient (Wildman–Crippen LogP) is 2.22. The first-order valence-corrected chi connectivity index (χ1v) is 5.47. The van der Waals surface area contributed by atoms with Crippen LogP contribution in [0, 0.1) is 0 Å². The Bertz CT molecular complexity index is 184. The summed E-state index contributed by atoms with van der Waals surface area (Å²) in [7, 11) is 0. The van der Waals surface area contributed by atoms with Crippen molar-refractivity contribution in [3.8, 4) is 0 Å². The normalized spacial score (nSPS) is 27.2. The van der Waals surface area contributed by atoms with E-state index < -0.39 is 12.6 Å². The highest BCUT2D eigenvalue weighted by atomic mass is 19.4. The van der Waals surface area contributed by atoms with Crippen molar-refractivity contribution in [2.45, 2.75) is 56.8 Å². The minimum absolute atomic E-state index is 0.0934. The molecule has 0 saturated heterocycles. The third kappa shape index (κ3) is 5.37. The van der Waals surface area contributed by atoms with Crippen LogP contribution in [0.2, 0.25) is 0 Å². The molecule has 2 nitrogen and oxygen atoms in total. The summed E-state index contributed by atoms with van der Waals surface area (Å²) in [5.74, 6) is 0. The highest BCUT2D eigenvalue weighted by Gasteiger charge is 2.26. The Morgan fingerprint density at radius 2 is 1.93 bits per heavy atom. The first kappa shape index (κ1) is 12.8. The topological polar surface area (TPSA) is 32.3 Å². The van der Waals surface area contributed by atoms with Gasteiger partial charge in [-0.25, -0.2) is 0 Å². The molecule has 1 rings (SSSR count). The van der Waals surface area contributed by atoms with Gasteiger partial charge in [0.05, 0.1) is 6.10 Å². The molecule has 5 heteroatoms. The maximum atomic E-state index is 11.8. The number of hydrogen-bond donors (Lipinski definition) is 2. The number of alkyl halides is 3. The molecule has 0 unspecified atom stereocenters. The highest BCUT2D eigenvalue weighted by Crippen LogP contribution is 2.22. The zero-order valence-corrected chi connectivity index (χ0v) is 8.69. The monoisotopic (exact) mass is 225 g/mol. The van der Waals surface area contributed by atoms with Crippen molar-refractivity contribution < 1.29 is 18.3 Å². The molecular weight excluding hydrogens is 207 g/mol. The van der Waals surface area contributed by atoms with Gasteiger partial charge in [0.2, 0.25) is 0 Å². The average Bonchev–Trinajstić information content (AvgIpc) is 2.49. The van der Waals surface area contributed by atoms with Gasteiger partial charge >= 0.3 is 6.18 Å². The van der Waals surface area contributed by atoms with Crippen LogP contribution >= 0.6 is 0 Å². The number of aliphatic hydroxyl groups excluding tert-OH is 1. The van der Waals surface area contributed by atoms with Crippen LogP contribution < -0.4 is 5.32 Å². The fraction of sp³-hybridized carbons (Fsp3) is 1.00. The Labute approximate surface area is 87.9 Å². The second kappa shape index (κ2) is 5.70. The van der Waals surface area contributed by atoms with Gasteiger partial charge in [-0.2, -0.15) is 13.2 Å². The van der Waals surface area contributed by atoms with Gasteiger partial charge in [-0.3, -0.25) is 0 Å². The third-order valence-electron chi connectivity index (χ3n) is 2.77. The minimum Gasteiger partial charge on any atom is -0.392 e.